The average molecular weight is 471 g/mol. The normalized spacial score (nSPS) is 13.4. The van der Waals surface area contributed by atoms with Crippen molar-refractivity contribution in [2.45, 2.75) is 48.0 Å². The Hall–Kier alpha value is -3.73. The fourth-order valence-corrected chi connectivity index (χ4v) is 4.27. The van der Waals surface area contributed by atoms with Crippen molar-refractivity contribution in [3.8, 4) is 0 Å². The quantitative estimate of drug-likeness (QED) is 0.238. The number of nitrogens with one attached hydrogen (secondary N) is 1. The van der Waals surface area contributed by atoms with Crippen molar-refractivity contribution in [2.75, 3.05) is 13.6 Å². The number of rotatable bonds is 10. The minimum atomic E-state index is -0.111. The molecule has 0 fully saturated rings. The van der Waals surface area contributed by atoms with Gasteiger partial charge in [-0.2, -0.15) is 0 Å². The highest BCUT2D eigenvalue weighted by molar-refractivity contribution is 5.93. The highest BCUT2D eigenvalue weighted by Crippen LogP contribution is 2.38. The third kappa shape index (κ3) is 6.44. The lowest BCUT2D eigenvalue weighted by Gasteiger charge is -2.22. The van der Waals surface area contributed by atoms with Crippen LogP contribution in [0.25, 0.3) is 16.5 Å². The number of likely N-dealkylation sites (N-methyl/N-ethyl adjacent to an activating group) is 1. The smallest absolute Gasteiger partial charge is 0.249 e. The summed E-state index contributed by atoms with van der Waals surface area (Å²) in [4.78, 5) is 23.2. The lowest BCUT2D eigenvalue weighted by Crippen LogP contribution is -2.23. The standard InChI is InChI=1S/C30H38N4O/c1-10-27(35)34(12-3)19-21(6)17-22(7)29(28(20(4)5)30(31-9)32-11-2)25-18-33-26-16-14-13-15-24(26)23(25)8/h10-11,13-16,18-19,31H,1,4,12,17H2,2-3,5-9H3/b21-19-,29-22+,30-28+,32-11-. The molecule has 5 heteroatoms. The van der Waals surface area contributed by atoms with Crippen LogP contribution in [-0.4, -0.2) is 35.6 Å². The number of aromatic nitrogens is 1. The van der Waals surface area contributed by atoms with Crippen molar-refractivity contribution in [3.05, 3.63) is 95.1 Å². The van der Waals surface area contributed by atoms with Crippen LogP contribution in [-0.2, 0) is 4.79 Å². The van der Waals surface area contributed by atoms with Gasteiger partial charge >= 0.3 is 0 Å². The number of nitrogens with zero attached hydrogens (tertiary/aromatic N) is 3. The van der Waals surface area contributed by atoms with E-state index in [-0.39, 0.29) is 5.91 Å². The molecule has 0 saturated carbocycles. The molecule has 1 amide bonds. The van der Waals surface area contributed by atoms with E-state index in [0.29, 0.717) is 13.0 Å². The zero-order valence-electron chi connectivity index (χ0n) is 22.2. The van der Waals surface area contributed by atoms with E-state index in [1.165, 1.54) is 6.08 Å². The first-order valence-corrected chi connectivity index (χ1v) is 11.9. The molecule has 35 heavy (non-hydrogen) atoms. The van der Waals surface area contributed by atoms with Gasteiger partial charge in [0.2, 0.25) is 5.91 Å². The summed E-state index contributed by atoms with van der Waals surface area (Å²) in [6, 6.07) is 8.17. The molecule has 1 aromatic heterocycles. The SMILES string of the molecule is C=CC(=O)N(/C=C(/C)C/C(C)=C(/C(C(=C)C)=C(/N=C\C)NC)c1cnc2ccccc2c1C)CC. The molecule has 184 valence electrons. The molecule has 0 spiro atoms. The summed E-state index contributed by atoms with van der Waals surface area (Å²) in [5, 5.41) is 4.36. The van der Waals surface area contributed by atoms with Gasteiger partial charge in [-0.15, -0.1) is 0 Å². The molecule has 0 unspecified atom stereocenters. The number of carbonyl (C=O) groups excluding carboxylic acids is 1. The van der Waals surface area contributed by atoms with E-state index >= 15 is 0 Å². The predicted molar refractivity (Wildman–Crippen MR) is 150 cm³/mol. The van der Waals surface area contributed by atoms with Gasteiger partial charge in [0.05, 0.1) is 5.52 Å². The Morgan fingerprint density at radius 3 is 2.49 bits per heavy atom. The number of benzene rings is 1. The van der Waals surface area contributed by atoms with E-state index in [1.54, 1.807) is 11.1 Å². The van der Waals surface area contributed by atoms with E-state index in [9.17, 15) is 4.79 Å². The van der Waals surface area contributed by atoms with E-state index < -0.39 is 0 Å². The van der Waals surface area contributed by atoms with Crippen LogP contribution in [0.1, 0.15) is 52.2 Å². The first-order valence-electron chi connectivity index (χ1n) is 11.9. The minimum absolute atomic E-state index is 0.111. The molecular formula is C30H38N4O. The number of aliphatic imine (C=N–C) groups is 1. The van der Waals surface area contributed by atoms with Gasteiger partial charge in [-0.3, -0.25) is 9.78 Å². The van der Waals surface area contributed by atoms with E-state index in [0.717, 1.165) is 55.7 Å². The predicted octanol–water partition coefficient (Wildman–Crippen LogP) is 6.74. The molecule has 2 aromatic rings. The lowest BCUT2D eigenvalue weighted by atomic mass is 9.85. The van der Waals surface area contributed by atoms with Gasteiger partial charge in [0, 0.05) is 48.7 Å². The molecule has 5 nitrogen and oxygen atoms in total. The zero-order chi connectivity index (χ0) is 26.1. The highest BCUT2D eigenvalue weighted by Gasteiger charge is 2.20. The van der Waals surface area contributed by atoms with Gasteiger partial charge in [0.15, 0.2) is 0 Å². The van der Waals surface area contributed by atoms with Crippen LogP contribution in [0.2, 0.25) is 0 Å². The van der Waals surface area contributed by atoms with Crippen LogP contribution in [0.4, 0.5) is 0 Å². The van der Waals surface area contributed by atoms with E-state index in [2.05, 4.69) is 43.4 Å². The van der Waals surface area contributed by atoms with Crippen LogP contribution < -0.4 is 5.32 Å². The lowest BCUT2D eigenvalue weighted by molar-refractivity contribution is -0.123. The molecular weight excluding hydrogens is 432 g/mol. The number of aryl methyl sites for hydroxylation is 1. The van der Waals surface area contributed by atoms with Crippen molar-refractivity contribution < 1.29 is 4.79 Å². The summed E-state index contributed by atoms with van der Waals surface area (Å²) in [5.41, 5.74) is 8.26. The summed E-state index contributed by atoms with van der Waals surface area (Å²) < 4.78 is 0. The van der Waals surface area contributed by atoms with Gasteiger partial charge in [0.25, 0.3) is 0 Å². The summed E-state index contributed by atoms with van der Waals surface area (Å²) in [7, 11) is 1.87. The minimum Gasteiger partial charge on any atom is -0.373 e. The number of allylic oxidation sites excluding steroid dienone is 5. The Labute approximate surface area is 210 Å². The highest BCUT2D eigenvalue weighted by atomic mass is 16.2. The maximum Gasteiger partial charge on any atom is 0.249 e. The Kier molecular flexibility index (Phi) is 9.95. The Balaban J connectivity index is 2.85. The van der Waals surface area contributed by atoms with Crippen molar-refractivity contribution >= 4 is 28.6 Å². The molecule has 0 aliphatic rings. The number of hydrogen-bond donors (Lipinski definition) is 1. The molecule has 0 saturated heterocycles. The summed E-state index contributed by atoms with van der Waals surface area (Å²) in [5.74, 6) is 0.640. The summed E-state index contributed by atoms with van der Waals surface area (Å²) >= 11 is 0. The molecule has 1 N–H and O–H groups in total. The molecule has 0 atom stereocenters. The fourth-order valence-electron chi connectivity index (χ4n) is 4.27. The molecule has 0 radical (unpaired) electrons. The fraction of sp³-hybridized carbons (Fsp3) is 0.300. The number of carbonyl (C=O) groups is 1. The van der Waals surface area contributed by atoms with Gasteiger partial charge in [-0.1, -0.05) is 42.5 Å². The first-order chi connectivity index (χ1) is 16.7. The molecule has 1 heterocycles. The number of amides is 1. The second kappa shape index (κ2) is 12.7. The number of fused-ring (bicyclic) bond motifs is 1. The van der Waals surface area contributed by atoms with Crippen LogP contribution >= 0.6 is 0 Å². The number of pyridine rings is 1. The number of para-hydroxylation sites is 1. The average Bonchev–Trinajstić information content (AvgIpc) is 2.84. The summed E-state index contributed by atoms with van der Waals surface area (Å²) in [6.07, 6.45) is 7.64. The van der Waals surface area contributed by atoms with E-state index in [1.807, 2.05) is 65.3 Å². The van der Waals surface area contributed by atoms with Gasteiger partial charge < -0.3 is 10.2 Å². The van der Waals surface area contributed by atoms with Crippen LogP contribution in [0, 0.1) is 6.92 Å². The number of hydrogen-bond acceptors (Lipinski definition) is 4. The van der Waals surface area contributed by atoms with Gasteiger partial charge in [-0.05, 0) is 76.8 Å². The second-order valence-corrected chi connectivity index (χ2v) is 8.59. The van der Waals surface area contributed by atoms with Crippen LogP contribution in [0.5, 0.6) is 0 Å². The van der Waals surface area contributed by atoms with Gasteiger partial charge in [-0.25, -0.2) is 4.99 Å². The Bertz CT molecular complexity index is 1240. The Morgan fingerprint density at radius 1 is 1.23 bits per heavy atom. The first kappa shape index (κ1) is 27.5. The monoisotopic (exact) mass is 470 g/mol. The maximum absolute atomic E-state index is 12.2. The van der Waals surface area contributed by atoms with Crippen LogP contribution in [0.15, 0.2) is 89.0 Å². The van der Waals surface area contributed by atoms with Crippen molar-refractivity contribution in [1.29, 1.82) is 0 Å². The third-order valence-electron chi connectivity index (χ3n) is 5.87. The van der Waals surface area contributed by atoms with Crippen molar-refractivity contribution in [3.63, 3.8) is 0 Å². The third-order valence-corrected chi connectivity index (χ3v) is 5.87. The Morgan fingerprint density at radius 2 is 1.91 bits per heavy atom. The van der Waals surface area contributed by atoms with E-state index in [4.69, 9.17) is 4.98 Å². The maximum atomic E-state index is 12.2. The molecule has 0 aliphatic heterocycles. The van der Waals surface area contributed by atoms with Crippen molar-refractivity contribution in [1.82, 2.24) is 15.2 Å². The van der Waals surface area contributed by atoms with Gasteiger partial charge in [0.1, 0.15) is 5.82 Å². The molecule has 2 rings (SSSR count). The molecule has 1 aromatic carbocycles. The second-order valence-electron chi connectivity index (χ2n) is 8.59. The van der Waals surface area contributed by atoms with Crippen molar-refractivity contribution in [2.24, 2.45) is 4.99 Å². The summed E-state index contributed by atoms with van der Waals surface area (Å²) in [6.45, 7) is 20.6. The molecule has 0 bridgehead atoms. The van der Waals surface area contributed by atoms with Crippen LogP contribution in [0.3, 0.4) is 0 Å². The largest absolute Gasteiger partial charge is 0.373 e. The topological polar surface area (TPSA) is 57.6 Å². The zero-order valence-corrected chi connectivity index (χ0v) is 22.2. The molecule has 0 aliphatic carbocycles.